The van der Waals surface area contributed by atoms with Gasteiger partial charge in [-0.05, 0) is 39.5 Å². The average Bonchev–Trinajstić information content (AvgIpc) is 3.15. The summed E-state index contributed by atoms with van der Waals surface area (Å²) in [5, 5.41) is 7.39. The molecular weight excluding hydrogens is 433 g/mol. The van der Waals surface area contributed by atoms with Crippen molar-refractivity contribution in [1.29, 1.82) is 0 Å². The lowest BCUT2D eigenvalue weighted by Crippen LogP contribution is -2.35. The third-order valence-corrected chi connectivity index (χ3v) is 5.81. The molecule has 2 aromatic rings. The first-order valence-electron chi connectivity index (χ1n) is 10.6. The zero-order valence-electron chi connectivity index (χ0n) is 18.5. The minimum absolute atomic E-state index is 0.138. The Kier molecular flexibility index (Phi) is 6.30. The van der Waals surface area contributed by atoms with Gasteiger partial charge in [0.15, 0.2) is 11.5 Å². The standard InChI is InChI=1S/C22H25F3N8/c1-14-20(15(2)31-30-14)16-5-4-9-33(12-16)19-6-7-28-21(29-19)17(11-26-3)32-10-8-27-18(13-32)22(23,24)25/h6-8,11,13,16H,3-5,9-10,12H2,1-2H3,(H,30,31)/b17-11-. The van der Waals surface area contributed by atoms with Crippen LogP contribution in [0.5, 0.6) is 0 Å². The number of hydrogen-bond acceptors (Lipinski definition) is 7. The van der Waals surface area contributed by atoms with Crippen LogP contribution in [0, 0.1) is 13.8 Å². The summed E-state index contributed by atoms with van der Waals surface area (Å²) in [7, 11) is 0. The number of H-pyrrole nitrogens is 1. The Morgan fingerprint density at radius 3 is 2.85 bits per heavy atom. The van der Waals surface area contributed by atoms with E-state index in [2.05, 4.69) is 41.8 Å². The van der Waals surface area contributed by atoms with Crippen molar-refractivity contribution in [2.45, 2.75) is 38.8 Å². The second kappa shape index (κ2) is 9.16. The maximum Gasteiger partial charge on any atom is 0.434 e. The van der Waals surface area contributed by atoms with Crippen molar-refractivity contribution in [2.75, 3.05) is 24.5 Å². The number of aryl methyl sites for hydroxylation is 2. The van der Waals surface area contributed by atoms with Gasteiger partial charge in [0, 0.05) is 48.9 Å². The number of aliphatic imine (C=N–C) groups is 2. The summed E-state index contributed by atoms with van der Waals surface area (Å²) in [5.41, 5.74) is 2.63. The quantitative estimate of drug-likeness (QED) is 0.685. The van der Waals surface area contributed by atoms with Crippen molar-refractivity contribution in [3.8, 4) is 0 Å². The maximum absolute atomic E-state index is 13.2. The minimum Gasteiger partial charge on any atom is -0.356 e. The van der Waals surface area contributed by atoms with Gasteiger partial charge in [-0.15, -0.1) is 0 Å². The van der Waals surface area contributed by atoms with E-state index >= 15 is 0 Å². The van der Waals surface area contributed by atoms with E-state index in [-0.39, 0.29) is 12.4 Å². The highest BCUT2D eigenvalue weighted by atomic mass is 19.4. The lowest BCUT2D eigenvalue weighted by molar-refractivity contribution is -0.0934. The van der Waals surface area contributed by atoms with Gasteiger partial charge in [0.25, 0.3) is 0 Å². The lowest BCUT2D eigenvalue weighted by atomic mass is 9.89. The molecule has 2 aromatic heterocycles. The van der Waals surface area contributed by atoms with E-state index in [9.17, 15) is 13.2 Å². The second-order valence-electron chi connectivity index (χ2n) is 8.04. The fraction of sp³-hybridized carbons (Fsp3) is 0.409. The molecule has 0 saturated carbocycles. The second-order valence-corrected chi connectivity index (χ2v) is 8.04. The van der Waals surface area contributed by atoms with Crippen LogP contribution in [0.15, 0.2) is 40.3 Å². The van der Waals surface area contributed by atoms with Crippen molar-refractivity contribution in [3.63, 3.8) is 0 Å². The van der Waals surface area contributed by atoms with Crippen LogP contribution in [0.3, 0.4) is 0 Å². The van der Waals surface area contributed by atoms with Crippen LogP contribution in [0.4, 0.5) is 19.0 Å². The molecule has 0 aliphatic carbocycles. The van der Waals surface area contributed by atoms with Crippen LogP contribution in [0.1, 0.15) is 41.5 Å². The van der Waals surface area contributed by atoms with E-state index in [0.717, 1.165) is 43.5 Å². The number of anilines is 1. The highest BCUT2D eigenvalue weighted by molar-refractivity contribution is 5.70. The van der Waals surface area contributed by atoms with Gasteiger partial charge < -0.3 is 9.80 Å². The molecule has 174 valence electrons. The molecule has 0 bridgehead atoms. The number of hydrogen-bond donors (Lipinski definition) is 1. The van der Waals surface area contributed by atoms with Gasteiger partial charge in [0.2, 0.25) is 0 Å². The number of aromatic amines is 1. The molecule has 1 atom stereocenters. The first kappa shape index (κ1) is 22.7. The number of nitrogens with zero attached hydrogens (tertiary/aromatic N) is 7. The summed E-state index contributed by atoms with van der Waals surface area (Å²) in [4.78, 5) is 19.8. The molecule has 33 heavy (non-hydrogen) atoms. The zero-order chi connectivity index (χ0) is 23.6. The van der Waals surface area contributed by atoms with Crippen LogP contribution in [0.2, 0.25) is 0 Å². The fourth-order valence-electron chi connectivity index (χ4n) is 4.35. The number of alkyl halides is 3. The first-order chi connectivity index (χ1) is 15.8. The number of allylic oxidation sites excluding steroid dienone is 1. The Labute approximate surface area is 189 Å². The molecule has 1 unspecified atom stereocenters. The highest BCUT2D eigenvalue weighted by Gasteiger charge is 2.36. The number of aromatic nitrogens is 4. The molecule has 1 N–H and O–H groups in total. The van der Waals surface area contributed by atoms with E-state index in [1.54, 1.807) is 6.20 Å². The van der Waals surface area contributed by atoms with Gasteiger partial charge in [-0.3, -0.25) is 15.1 Å². The zero-order valence-corrected chi connectivity index (χ0v) is 18.5. The summed E-state index contributed by atoms with van der Waals surface area (Å²) < 4.78 is 39.5. The number of piperidine rings is 1. The van der Waals surface area contributed by atoms with Crippen molar-refractivity contribution >= 4 is 24.4 Å². The molecular formula is C22H25F3N8. The molecule has 0 amide bonds. The summed E-state index contributed by atoms with van der Waals surface area (Å²) in [6.07, 6.45) is 2.60. The van der Waals surface area contributed by atoms with E-state index in [0.29, 0.717) is 17.4 Å². The Morgan fingerprint density at radius 2 is 2.15 bits per heavy atom. The molecule has 2 aliphatic rings. The Hall–Kier alpha value is -3.50. The molecule has 0 spiro atoms. The van der Waals surface area contributed by atoms with Crippen molar-refractivity contribution < 1.29 is 13.2 Å². The molecule has 4 heterocycles. The molecule has 1 fully saturated rings. The van der Waals surface area contributed by atoms with E-state index in [1.807, 2.05) is 19.9 Å². The van der Waals surface area contributed by atoms with Crippen LogP contribution in [-0.4, -0.2) is 63.8 Å². The van der Waals surface area contributed by atoms with Crippen molar-refractivity contribution in [3.05, 3.63) is 53.1 Å². The van der Waals surface area contributed by atoms with Crippen LogP contribution >= 0.6 is 0 Å². The van der Waals surface area contributed by atoms with Crippen LogP contribution < -0.4 is 4.90 Å². The molecule has 0 radical (unpaired) electrons. The summed E-state index contributed by atoms with van der Waals surface area (Å²) in [5.74, 6) is 1.30. The summed E-state index contributed by atoms with van der Waals surface area (Å²) >= 11 is 0. The minimum atomic E-state index is -4.56. The van der Waals surface area contributed by atoms with E-state index in [4.69, 9.17) is 0 Å². The molecule has 4 rings (SSSR count). The van der Waals surface area contributed by atoms with Gasteiger partial charge >= 0.3 is 6.18 Å². The topological polar surface area (TPSA) is 85.7 Å². The number of rotatable bonds is 5. The normalized spacial score (nSPS) is 19.6. The van der Waals surface area contributed by atoms with E-state index < -0.39 is 11.9 Å². The Bertz CT molecular complexity index is 1100. The van der Waals surface area contributed by atoms with Gasteiger partial charge in [-0.2, -0.15) is 18.3 Å². The van der Waals surface area contributed by atoms with Crippen molar-refractivity contribution in [2.24, 2.45) is 9.98 Å². The van der Waals surface area contributed by atoms with Gasteiger partial charge in [-0.25, -0.2) is 9.97 Å². The van der Waals surface area contributed by atoms with Gasteiger partial charge in [0.1, 0.15) is 11.5 Å². The third kappa shape index (κ3) is 4.81. The Morgan fingerprint density at radius 1 is 1.33 bits per heavy atom. The Balaban J connectivity index is 1.61. The monoisotopic (exact) mass is 458 g/mol. The van der Waals surface area contributed by atoms with Gasteiger partial charge in [0.05, 0.1) is 18.4 Å². The number of halogens is 3. The van der Waals surface area contributed by atoms with Crippen LogP contribution in [0.25, 0.3) is 5.70 Å². The predicted octanol–water partition coefficient (Wildman–Crippen LogP) is 3.99. The molecule has 1 saturated heterocycles. The summed E-state index contributed by atoms with van der Waals surface area (Å²) in [6.45, 7) is 9.22. The lowest BCUT2D eigenvalue weighted by Gasteiger charge is -2.34. The third-order valence-electron chi connectivity index (χ3n) is 5.81. The number of nitrogens with one attached hydrogen (secondary N) is 1. The largest absolute Gasteiger partial charge is 0.434 e. The molecule has 8 nitrogen and oxygen atoms in total. The first-order valence-corrected chi connectivity index (χ1v) is 10.6. The SMILES string of the molecule is C=N/C=C(/c1nccc(N2CCCC(c3c(C)n[nH]c3C)C2)n1)N1C=C(C(F)(F)F)N=CC1. The smallest absolute Gasteiger partial charge is 0.356 e. The van der Waals surface area contributed by atoms with E-state index in [1.165, 1.54) is 22.9 Å². The molecule has 11 heteroatoms. The van der Waals surface area contributed by atoms with Crippen LogP contribution in [-0.2, 0) is 0 Å². The average molecular weight is 458 g/mol. The highest BCUT2D eigenvalue weighted by Crippen LogP contribution is 2.33. The summed E-state index contributed by atoms with van der Waals surface area (Å²) in [6, 6.07) is 1.81. The molecule has 2 aliphatic heterocycles. The van der Waals surface area contributed by atoms with Crippen molar-refractivity contribution in [1.82, 2.24) is 25.1 Å². The fourth-order valence-corrected chi connectivity index (χ4v) is 4.35. The van der Waals surface area contributed by atoms with Gasteiger partial charge in [-0.1, -0.05) is 0 Å². The molecule has 0 aromatic carbocycles. The maximum atomic E-state index is 13.2. The predicted molar refractivity (Wildman–Crippen MR) is 121 cm³/mol.